The molecule has 0 amide bonds. The van der Waals surface area contributed by atoms with E-state index < -0.39 is 0 Å². The van der Waals surface area contributed by atoms with Gasteiger partial charge in [-0.2, -0.15) is 0 Å². The minimum absolute atomic E-state index is 0. The van der Waals surface area contributed by atoms with E-state index in [-0.39, 0.29) is 22.5 Å². The van der Waals surface area contributed by atoms with Crippen LogP contribution in [-0.2, 0) is 23.8 Å². The van der Waals surface area contributed by atoms with E-state index in [1.54, 1.807) is 0 Å². The van der Waals surface area contributed by atoms with E-state index in [0.717, 1.165) is 72.7 Å². The molecule has 2 aliphatic heterocycles. The molecular formula is C30H26CoN4O. The summed E-state index contributed by atoms with van der Waals surface area (Å²) in [6.07, 6.45) is 4.02. The third kappa shape index (κ3) is 3.79. The first-order valence-corrected chi connectivity index (χ1v) is 11.7. The van der Waals surface area contributed by atoms with Crippen LogP contribution >= 0.6 is 0 Å². The van der Waals surface area contributed by atoms with Gasteiger partial charge in [0.15, 0.2) is 0 Å². The first kappa shape index (κ1) is 23.8. The summed E-state index contributed by atoms with van der Waals surface area (Å²) < 4.78 is 2.06. The van der Waals surface area contributed by atoms with Crippen molar-refractivity contribution in [3.8, 4) is 16.9 Å². The first-order chi connectivity index (χ1) is 16.9. The summed E-state index contributed by atoms with van der Waals surface area (Å²) in [5.74, 6) is 0.254. The van der Waals surface area contributed by atoms with Crippen LogP contribution in [0.25, 0.3) is 56.5 Å². The number of rotatable bonds is 1. The summed E-state index contributed by atoms with van der Waals surface area (Å²) in [6, 6.07) is 20.3. The van der Waals surface area contributed by atoms with Gasteiger partial charge in [-0.3, -0.25) is 0 Å². The van der Waals surface area contributed by atoms with Gasteiger partial charge in [-0.15, -0.1) is 0 Å². The van der Waals surface area contributed by atoms with Crippen LogP contribution in [0.1, 0.15) is 42.2 Å². The molecule has 1 aromatic carbocycles. The van der Waals surface area contributed by atoms with E-state index in [1.807, 2.05) is 68.6 Å². The van der Waals surface area contributed by atoms with Gasteiger partial charge in [-0.05, 0) is 80.0 Å². The summed E-state index contributed by atoms with van der Waals surface area (Å²) in [7, 11) is 1.99. The second kappa shape index (κ2) is 8.97. The van der Waals surface area contributed by atoms with Crippen LogP contribution in [0.15, 0.2) is 60.7 Å². The molecule has 0 saturated heterocycles. The maximum Gasteiger partial charge on any atom is 0.149 e. The fraction of sp³-hybridized carbons (Fsp3) is 0.133. The monoisotopic (exact) mass is 517 g/mol. The largest absolute Gasteiger partial charge is 0.505 e. The summed E-state index contributed by atoms with van der Waals surface area (Å²) >= 11 is 0. The zero-order chi connectivity index (χ0) is 24.3. The number of aromatic nitrogens is 4. The van der Waals surface area contributed by atoms with E-state index >= 15 is 0 Å². The summed E-state index contributed by atoms with van der Waals surface area (Å²) in [5.41, 5.74) is 12.1. The van der Waals surface area contributed by atoms with Crippen LogP contribution in [0.5, 0.6) is 5.75 Å². The van der Waals surface area contributed by atoms with Gasteiger partial charge >= 0.3 is 0 Å². The van der Waals surface area contributed by atoms with Crippen LogP contribution in [0, 0.1) is 6.92 Å². The Kier molecular flexibility index (Phi) is 5.94. The number of hydrogen-bond donors (Lipinski definition) is 2. The van der Waals surface area contributed by atoms with E-state index in [4.69, 9.17) is 9.97 Å². The van der Waals surface area contributed by atoms with Crippen LogP contribution < -0.4 is 0 Å². The topological polar surface area (TPSA) is 66.7 Å². The third-order valence-electron chi connectivity index (χ3n) is 7.02. The van der Waals surface area contributed by atoms with Crippen molar-refractivity contribution in [3.63, 3.8) is 0 Å². The Hall–Kier alpha value is -3.87. The number of H-pyrrole nitrogens is 1. The predicted molar refractivity (Wildman–Crippen MR) is 145 cm³/mol. The van der Waals surface area contributed by atoms with E-state index in [9.17, 15) is 5.11 Å². The second-order valence-corrected chi connectivity index (χ2v) is 9.20. The molecule has 6 rings (SSSR count). The molecule has 181 valence electrons. The molecule has 5 heterocycles. The number of aromatic hydroxyl groups is 1. The van der Waals surface area contributed by atoms with Crippen LogP contribution in [0.2, 0.25) is 0 Å². The number of fused-ring (bicyclic) bond motifs is 8. The van der Waals surface area contributed by atoms with Crippen molar-refractivity contribution in [2.24, 2.45) is 7.05 Å². The second-order valence-electron chi connectivity index (χ2n) is 9.20. The minimum Gasteiger partial charge on any atom is -0.505 e. The van der Waals surface area contributed by atoms with E-state index in [2.05, 4.69) is 41.6 Å². The average molecular weight is 517 g/mol. The van der Waals surface area contributed by atoms with Crippen molar-refractivity contribution in [2.75, 3.05) is 0 Å². The SMILES string of the molecule is CC1=C(C)c2nc1cc1ccc(cc3nc(cc4c(-c5ccccc5)c(O)c(c2C)n4C)C=C3)[nH]1.[Co]. The molecule has 5 nitrogen and oxygen atoms in total. The molecule has 4 aromatic rings. The summed E-state index contributed by atoms with van der Waals surface area (Å²) in [6.45, 7) is 6.24. The van der Waals surface area contributed by atoms with Crippen molar-refractivity contribution in [1.29, 1.82) is 0 Å². The van der Waals surface area contributed by atoms with Gasteiger partial charge in [0.2, 0.25) is 0 Å². The maximum atomic E-state index is 11.6. The standard InChI is InChI=1S/C30H26N4O.Co/c1-17-18(2)28-19(3)29-30(35)27(20-8-6-5-7-9-20)26(34(29)4)16-24-13-11-22(32-24)14-21-10-12-23(31-21)15-25(17)33-28;/h5-16,31,35H,1-4H3;. The Morgan fingerprint density at radius 1 is 0.806 bits per heavy atom. The molecule has 0 atom stereocenters. The molecular weight excluding hydrogens is 491 g/mol. The number of benzene rings is 1. The van der Waals surface area contributed by atoms with Gasteiger partial charge in [0.1, 0.15) is 5.75 Å². The molecule has 0 aliphatic carbocycles. The summed E-state index contributed by atoms with van der Waals surface area (Å²) in [5, 5.41) is 11.6. The van der Waals surface area contributed by atoms with Crippen molar-refractivity contribution in [1.82, 2.24) is 19.5 Å². The van der Waals surface area contributed by atoms with Gasteiger partial charge < -0.3 is 14.7 Å². The Bertz CT molecular complexity index is 1740. The Balaban J connectivity index is 0.00000267. The number of allylic oxidation sites excluding steroid dienone is 2. The van der Waals surface area contributed by atoms with Crippen molar-refractivity contribution < 1.29 is 21.9 Å². The van der Waals surface area contributed by atoms with Crippen molar-refractivity contribution in [2.45, 2.75) is 20.8 Å². The Labute approximate surface area is 220 Å². The molecule has 0 saturated carbocycles. The molecule has 0 spiro atoms. The molecule has 36 heavy (non-hydrogen) atoms. The fourth-order valence-electron chi connectivity index (χ4n) is 5.05. The van der Waals surface area contributed by atoms with Crippen molar-refractivity contribution in [3.05, 3.63) is 89.0 Å². The quantitative estimate of drug-likeness (QED) is 0.249. The van der Waals surface area contributed by atoms with Crippen LogP contribution in [0.3, 0.4) is 0 Å². The molecule has 0 fully saturated rings. The van der Waals surface area contributed by atoms with Gasteiger partial charge in [-0.1, -0.05) is 30.3 Å². The number of nitrogens with one attached hydrogen (secondary N) is 1. The predicted octanol–water partition coefficient (Wildman–Crippen LogP) is 7.12. The van der Waals surface area contributed by atoms with Crippen LogP contribution in [-0.4, -0.2) is 24.6 Å². The van der Waals surface area contributed by atoms with Crippen LogP contribution in [0.4, 0.5) is 0 Å². The molecule has 2 N–H and O–H groups in total. The molecule has 2 aliphatic rings. The normalized spacial score (nSPS) is 12.7. The smallest absolute Gasteiger partial charge is 0.149 e. The maximum absolute atomic E-state index is 11.6. The van der Waals surface area contributed by atoms with Gasteiger partial charge in [-0.25, -0.2) is 9.97 Å². The minimum atomic E-state index is 0. The molecule has 1 radical (unpaired) electrons. The molecule has 8 bridgehead atoms. The van der Waals surface area contributed by atoms with E-state index in [0.29, 0.717) is 0 Å². The Morgan fingerprint density at radius 3 is 2.19 bits per heavy atom. The van der Waals surface area contributed by atoms with Gasteiger partial charge in [0, 0.05) is 46.0 Å². The van der Waals surface area contributed by atoms with Crippen molar-refractivity contribution >= 4 is 45.4 Å². The zero-order valence-electron chi connectivity index (χ0n) is 20.6. The molecule has 6 heteroatoms. The number of nitrogens with zero attached hydrogens (tertiary/aromatic N) is 3. The fourth-order valence-corrected chi connectivity index (χ4v) is 5.05. The third-order valence-corrected chi connectivity index (χ3v) is 7.02. The summed E-state index contributed by atoms with van der Waals surface area (Å²) in [4.78, 5) is 13.3. The van der Waals surface area contributed by atoms with E-state index in [1.165, 1.54) is 0 Å². The molecule has 3 aromatic heterocycles. The average Bonchev–Trinajstić information content (AvgIpc) is 3.60. The molecule has 0 unspecified atom stereocenters. The van der Waals surface area contributed by atoms with Gasteiger partial charge in [0.05, 0.1) is 33.8 Å². The number of aryl methyl sites for hydroxylation is 2. The Morgan fingerprint density at radius 2 is 1.47 bits per heavy atom. The number of hydrogen-bond acceptors (Lipinski definition) is 3. The number of aromatic amines is 1. The zero-order valence-corrected chi connectivity index (χ0v) is 21.6. The van der Waals surface area contributed by atoms with Gasteiger partial charge in [0.25, 0.3) is 0 Å². The first-order valence-electron chi connectivity index (χ1n) is 11.7.